The number of nitrogens with one attached hydrogen (secondary N) is 2. The molecular weight excluding hydrogens is 420 g/mol. The molecule has 150 valence electrons. The van der Waals surface area contributed by atoms with Crippen molar-refractivity contribution < 1.29 is 18.4 Å². The van der Waals surface area contributed by atoms with Crippen molar-refractivity contribution in [1.29, 1.82) is 0 Å². The van der Waals surface area contributed by atoms with Crippen LogP contribution in [0, 0.1) is 11.6 Å². The molecule has 0 aliphatic carbocycles. The van der Waals surface area contributed by atoms with Crippen LogP contribution in [0.25, 0.3) is 11.3 Å². The van der Waals surface area contributed by atoms with E-state index in [0.29, 0.717) is 27.0 Å². The minimum absolute atomic E-state index is 0.0522. The average Bonchev–Trinajstić information content (AvgIpc) is 3.12. The number of thiazole rings is 1. The molecule has 29 heavy (non-hydrogen) atoms. The van der Waals surface area contributed by atoms with Crippen molar-refractivity contribution in [3.05, 3.63) is 70.1 Å². The number of benzene rings is 2. The van der Waals surface area contributed by atoms with E-state index in [1.807, 2.05) is 0 Å². The second-order valence-corrected chi connectivity index (χ2v) is 7.46. The maximum atomic E-state index is 13.4. The van der Waals surface area contributed by atoms with Crippen LogP contribution in [0.2, 0.25) is 5.02 Å². The van der Waals surface area contributed by atoms with Gasteiger partial charge in [0, 0.05) is 22.9 Å². The Morgan fingerprint density at radius 3 is 2.62 bits per heavy atom. The summed E-state index contributed by atoms with van der Waals surface area (Å²) in [7, 11) is 0. The van der Waals surface area contributed by atoms with Gasteiger partial charge in [-0.15, -0.1) is 11.3 Å². The highest BCUT2D eigenvalue weighted by atomic mass is 35.5. The van der Waals surface area contributed by atoms with Crippen molar-refractivity contribution in [2.75, 3.05) is 5.32 Å². The SMILES string of the molecule is CC(=O)N[C@@H](CC(=O)Nc1nc(-c2ccc(F)c(F)c2)cs1)c1ccccc1Cl. The molecule has 0 radical (unpaired) electrons. The highest BCUT2D eigenvalue weighted by Gasteiger charge is 2.20. The Kier molecular flexibility index (Phi) is 6.56. The van der Waals surface area contributed by atoms with Crippen LogP contribution in [0.15, 0.2) is 47.8 Å². The third kappa shape index (κ3) is 5.36. The van der Waals surface area contributed by atoms with Gasteiger partial charge in [-0.25, -0.2) is 13.8 Å². The second-order valence-electron chi connectivity index (χ2n) is 6.19. The number of carbonyl (C=O) groups excluding carboxylic acids is 2. The average molecular weight is 436 g/mol. The predicted molar refractivity (Wildman–Crippen MR) is 109 cm³/mol. The second kappa shape index (κ2) is 9.11. The van der Waals surface area contributed by atoms with Crippen LogP contribution in [0.3, 0.4) is 0 Å². The minimum Gasteiger partial charge on any atom is -0.349 e. The summed E-state index contributed by atoms with van der Waals surface area (Å²) >= 11 is 7.34. The lowest BCUT2D eigenvalue weighted by atomic mass is 10.0. The highest BCUT2D eigenvalue weighted by molar-refractivity contribution is 7.14. The summed E-state index contributed by atoms with van der Waals surface area (Å²) in [5, 5.41) is 7.74. The van der Waals surface area contributed by atoms with Crippen LogP contribution in [0.1, 0.15) is 24.9 Å². The van der Waals surface area contributed by atoms with E-state index in [0.717, 1.165) is 23.5 Å². The lowest BCUT2D eigenvalue weighted by Crippen LogP contribution is -2.30. The molecule has 5 nitrogen and oxygen atoms in total. The van der Waals surface area contributed by atoms with E-state index in [4.69, 9.17) is 11.6 Å². The molecule has 3 rings (SSSR count). The first-order valence-electron chi connectivity index (χ1n) is 8.56. The molecule has 9 heteroatoms. The molecular formula is C20H16ClF2N3O2S. The van der Waals surface area contributed by atoms with Gasteiger partial charge in [0.25, 0.3) is 0 Å². The molecule has 0 fully saturated rings. The van der Waals surface area contributed by atoms with Gasteiger partial charge in [0.1, 0.15) is 0 Å². The van der Waals surface area contributed by atoms with Crippen molar-refractivity contribution in [1.82, 2.24) is 10.3 Å². The van der Waals surface area contributed by atoms with Crippen LogP contribution in [0.5, 0.6) is 0 Å². The Balaban J connectivity index is 1.72. The summed E-state index contributed by atoms with van der Waals surface area (Å²) in [5.41, 5.74) is 1.43. The highest BCUT2D eigenvalue weighted by Crippen LogP contribution is 2.28. The summed E-state index contributed by atoms with van der Waals surface area (Å²) in [5.74, 6) is -2.59. The lowest BCUT2D eigenvalue weighted by molar-refractivity contribution is -0.120. The number of carbonyl (C=O) groups is 2. The zero-order valence-electron chi connectivity index (χ0n) is 15.2. The number of hydrogen-bond acceptors (Lipinski definition) is 4. The Hall–Kier alpha value is -2.84. The standard InChI is InChI=1S/C20H16ClF2N3O2S/c1-11(27)24-17(13-4-2-3-5-14(13)21)9-19(28)26-20-25-18(10-29-20)12-6-7-15(22)16(23)8-12/h2-8,10,17H,9H2,1H3,(H,24,27)(H,25,26,28)/t17-/m0/s1. The fraction of sp³-hybridized carbons (Fsp3) is 0.150. The number of halogens is 3. The molecule has 1 aromatic heterocycles. The van der Waals surface area contributed by atoms with E-state index in [1.165, 1.54) is 13.0 Å². The molecule has 2 amide bonds. The van der Waals surface area contributed by atoms with Crippen molar-refractivity contribution in [3.63, 3.8) is 0 Å². The van der Waals surface area contributed by atoms with Crippen LogP contribution >= 0.6 is 22.9 Å². The van der Waals surface area contributed by atoms with E-state index in [1.54, 1.807) is 29.6 Å². The summed E-state index contributed by atoms with van der Waals surface area (Å²) in [6, 6.07) is 9.80. The molecule has 0 spiro atoms. The molecule has 0 aliphatic rings. The van der Waals surface area contributed by atoms with Crippen LogP contribution in [-0.2, 0) is 9.59 Å². The Morgan fingerprint density at radius 2 is 1.93 bits per heavy atom. The van der Waals surface area contributed by atoms with E-state index >= 15 is 0 Å². The van der Waals surface area contributed by atoms with Crippen LogP contribution in [0.4, 0.5) is 13.9 Å². The fourth-order valence-electron chi connectivity index (χ4n) is 2.72. The predicted octanol–water partition coefficient (Wildman–Crippen LogP) is 4.95. The Bertz CT molecular complexity index is 1060. The quantitative estimate of drug-likeness (QED) is 0.575. The van der Waals surface area contributed by atoms with Gasteiger partial charge in [-0.2, -0.15) is 0 Å². The van der Waals surface area contributed by atoms with E-state index < -0.39 is 17.7 Å². The first kappa shape index (κ1) is 20.9. The molecule has 1 atom stereocenters. The summed E-state index contributed by atoms with van der Waals surface area (Å²) < 4.78 is 26.5. The van der Waals surface area contributed by atoms with Gasteiger partial charge in [0.05, 0.1) is 18.2 Å². The molecule has 2 aromatic carbocycles. The maximum Gasteiger partial charge on any atom is 0.228 e. The summed E-state index contributed by atoms with van der Waals surface area (Å²) in [6.07, 6.45) is -0.0522. The van der Waals surface area contributed by atoms with Gasteiger partial charge in [-0.1, -0.05) is 29.8 Å². The van der Waals surface area contributed by atoms with Gasteiger partial charge in [0.15, 0.2) is 16.8 Å². The molecule has 0 aliphatic heterocycles. The Morgan fingerprint density at radius 1 is 1.17 bits per heavy atom. The Labute approximate surface area is 174 Å². The normalized spacial score (nSPS) is 11.7. The molecule has 2 N–H and O–H groups in total. The first-order chi connectivity index (χ1) is 13.8. The number of anilines is 1. The molecule has 1 heterocycles. The zero-order chi connectivity index (χ0) is 21.0. The van der Waals surface area contributed by atoms with Crippen molar-refractivity contribution >= 4 is 39.9 Å². The third-order valence-electron chi connectivity index (χ3n) is 4.01. The van der Waals surface area contributed by atoms with Gasteiger partial charge in [-0.3, -0.25) is 9.59 Å². The third-order valence-corrected chi connectivity index (χ3v) is 5.12. The lowest BCUT2D eigenvalue weighted by Gasteiger charge is -2.18. The van der Waals surface area contributed by atoms with Crippen LogP contribution < -0.4 is 10.6 Å². The maximum absolute atomic E-state index is 13.4. The van der Waals surface area contributed by atoms with E-state index in [-0.39, 0.29) is 18.2 Å². The van der Waals surface area contributed by atoms with Gasteiger partial charge >= 0.3 is 0 Å². The smallest absolute Gasteiger partial charge is 0.228 e. The summed E-state index contributed by atoms with van der Waals surface area (Å²) in [4.78, 5) is 28.3. The van der Waals surface area contributed by atoms with Gasteiger partial charge in [0.2, 0.25) is 11.8 Å². The van der Waals surface area contributed by atoms with Gasteiger partial charge < -0.3 is 10.6 Å². The van der Waals surface area contributed by atoms with Crippen molar-refractivity contribution in [2.24, 2.45) is 0 Å². The molecule has 0 saturated heterocycles. The number of rotatable bonds is 6. The number of hydrogen-bond donors (Lipinski definition) is 2. The first-order valence-corrected chi connectivity index (χ1v) is 9.81. The van der Waals surface area contributed by atoms with Crippen molar-refractivity contribution in [3.8, 4) is 11.3 Å². The molecule has 0 unspecified atom stereocenters. The van der Waals surface area contributed by atoms with E-state index in [2.05, 4.69) is 15.6 Å². The monoisotopic (exact) mass is 435 g/mol. The molecule has 3 aromatic rings. The number of aromatic nitrogens is 1. The van der Waals surface area contributed by atoms with Crippen molar-refractivity contribution in [2.45, 2.75) is 19.4 Å². The summed E-state index contributed by atoms with van der Waals surface area (Å²) in [6.45, 7) is 1.36. The van der Waals surface area contributed by atoms with Crippen LogP contribution in [-0.4, -0.2) is 16.8 Å². The molecule has 0 bridgehead atoms. The minimum atomic E-state index is -0.973. The zero-order valence-corrected chi connectivity index (χ0v) is 16.8. The van der Waals surface area contributed by atoms with E-state index in [9.17, 15) is 18.4 Å². The van der Waals surface area contributed by atoms with Gasteiger partial charge in [-0.05, 0) is 29.8 Å². The molecule has 0 saturated carbocycles. The fourth-order valence-corrected chi connectivity index (χ4v) is 3.72. The number of nitrogens with zero attached hydrogens (tertiary/aromatic N) is 1. The largest absolute Gasteiger partial charge is 0.349 e. The number of amides is 2. The topological polar surface area (TPSA) is 71.1 Å².